The lowest BCUT2D eigenvalue weighted by atomic mass is 10.0. The molecule has 1 heterocycles. The minimum Gasteiger partial charge on any atom is -0.388 e. The molecule has 2 nitrogen and oxygen atoms in total. The van der Waals surface area contributed by atoms with Gasteiger partial charge in [-0.3, -0.25) is 4.98 Å². The fraction of sp³-hybridized carbons (Fsp3) is 0.583. The molecule has 0 saturated heterocycles. The summed E-state index contributed by atoms with van der Waals surface area (Å²) in [5.74, 6) is 0.409. The third-order valence-corrected chi connectivity index (χ3v) is 3.25. The standard InChI is InChI=1S/C12H17NO/c1-8-4-5-9(7-13-8)11(14)10-6-12(10,2)3/h4-5,7,10-11,14H,6H2,1-3H3. The number of nitrogens with zero attached hydrogens (tertiary/aromatic N) is 1. The summed E-state index contributed by atoms with van der Waals surface area (Å²) in [6.07, 6.45) is 2.56. The van der Waals surface area contributed by atoms with Crippen molar-refractivity contribution in [1.29, 1.82) is 0 Å². The van der Waals surface area contributed by atoms with Crippen molar-refractivity contribution in [3.05, 3.63) is 29.6 Å². The molecule has 1 fully saturated rings. The molecule has 0 radical (unpaired) electrons. The van der Waals surface area contributed by atoms with E-state index in [-0.39, 0.29) is 6.10 Å². The highest BCUT2D eigenvalue weighted by molar-refractivity contribution is 5.19. The summed E-state index contributed by atoms with van der Waals surface area (Å²) in [6.45, 7) is 6.35. The second kappa shape index (κ2) is 3.06. The van der Waals surface area contributed by atoms with Gasteiger partial charge in [0, 0.05) is 11.9 Å². The SMILES string of the molecule is Cc1ccc(C(O)C2CC2(C)C)cn1. The maximum atomic E-state index is 10.0. The van der Waals surface area contributed by atoms with Gasteiger partial charge in [-0.1, -0.05) is 19.9 Å². The first-order chi connectivity index (χ1) is 6.50. The number of aromatic nitrogens is 1. The van der Waals surface area contributed by atoms with E-state index in [1.54, 1.807) is 6.20 Å². The Morgan fingerprint density at radius 3 is 2.57 bits per heavy atom. The van der Waals surface area contributed by atoms with Crippen LogP contribution in [-0.4, -0.2) is 10.1 Å². The lowest BCUT2D eigenvalue weighted by Gasteiger charge is -2.12. The van der Waals surface area contributed by atoms with E-state index in [2.05, 4.69) is 18.8 Å². The molecule has 14 heavy (non-hydrogen) atoms. The zero-order valence-electron chi connectivity index (χ0n) is 8.99. The van der Waals surface area contributed by atoms with Gasteiger partial charge in [0.2, 0.25) is 0 Å². The third kappa shape index (κ3) is 1.67. The van der Waals surface area contributed by atoms with E-state index in [1.165, 1.54) is 0 Å². The largest absolute Gasteiger partial charge is 0.388 e. The van der Waals surface area contributed by atoms with Crippen molar-refractivity contribution in [2.45, 2.75) is 33.3 Å². The van der Waals surface area contributed by atoms with Gasteiger partial charge in [0.1, 0.15) is 0 Å². The maximum absolute atomic E-state index is 10.0. The molecule has 0 aliphatic heterocycles. The van der Waals surface area contributed by atoms with Crippen molar-refractivity contribution in [3.8, 4) is 0 Å². The van der Waals surface area contributed by atoms with Crippen LogP contribution in [0.15, 0.2) is 18.3 Å². The van der Waals surface area contributed by atoms with Gasteiger partial charge in [0.05, 0.1) is 6.10 Å². The van der Waals surface area contributed by atoms with E-state index in [9.17, 15) is 5.11 Å². The predicted octanol–water partition coefficient (Wildman–Crippen LogP) is 2.47. The van der Waals surface area contributed by atoms with Gasteiger partial charge >= 0.3 is 0 Å². The number of hydrogen-bond donors (Lipinski definition) is 1. The molecule has 1 N–H and O–H groups in total. The van der Waals surface area contributed by atoms with Gasteiger partial charge in [-0.2, -0.15) is 0 Å². The number of hydrogen-bond acceptors (Lipinski definition) is 2. The molecule has 0 aromatic carbocycles. The molecule has 1 aromatic rings. The molecule has 1 aromatic heterocycles. The van der Waals surface area contributed by atoms with E-state index in [0.29, 0.717) is 11.3 Å². The van der Waals surface area contributed by atoms with Crippen molar-refractivity contribution in [2.24, 2.45) is 11.3 Å². The van der Waals surface area contributed by atoms with Crippen molar-refractivity contribution >= 4 is 0 Å². The monoisotopic (exact) mass is 191 g/mol. The van der Waals surface area contributed by atoms with Crippen LogP contribution in [0.5, 0.6) is 0 Å². The first-order valence-corrected chi connectivity index (χ1v) is 5.11. The summed E-state index contributed by atoms with van der Waals surface area (Å²) in [5, 5.41) is 10.0. The van der Waals surface area contributed by atoms with Crippen molar-refractivity contribution in [3.63, 3.8) is 0 Å². The first kappa shape index (κ1) is 9.66. The van der Waals surface area contributed by atoms with Crippen LogP contribution in [0, 0.1) is 18.3 Å². The highest BCUT2D eigenvalue weighted by atomic mass is 16.3. The molecular weight excluding hydrogens is 174 g/mol. The summed E-state index contributed by atoms with van der Waals surface area (Å²) < 4.78 is 0. The zero-order valence-corrected chi connectivity index (χ0v) is 8.99. The average Bonchev–Trinajstić information content (AvgIpc) is 2.75. The van der Waals surface area contributed by atoms with Gasteiger partial charge in [-0.15, -0.1) is 0 Å². The third-order valence-electron chi connectivity index (χ3n) is 3.25. The topological polar surface area (TPSA) is 33.1 Å². The fourth-order valence-corrected chi connectivity index (χ4v) is 1.93. The highest BCUT2D eigenvalue weighted by Gasteiger charge is 2.50. The van der Waals surface area contributed by atoms with Gasteiger partial charge < -0.3 is 5.11 Å². The van der Waals surface area contributed by atoms with Crippen LogP contribution in [0.3, 0.4) is 0 Å². The van der Waals surface area contributed by atoms with E-state index in [4.69, 9.17) is 0 Å². The highest BCUT2D eigenvalue weighted by Crippen LogP contribution is 2.57. The first-order valence-electron chi connectivity index (χ1n) is 5.11. The molecule has 0 amide bonds. The summed E-state index contributed by atoms with van der Waals surface area (Å²) >= 11 is 0. The van der Waals surface area contributed by atoms with Crippen LogP contribution in [-0.2, 0) is 0 Å². The number of pyridine rings is 1. The Kier molecular flexibility index (Phi) is 2.11. The summed E-state index contributed by atoms with van der Waals surface area (Å²) in [4.78, 5) is 4.20. The lowest BCUT2D eigenvalue weighted by Crippen LogP contribution is -2.05. The Balaban J connectivity index is 2.13. The van der Waals surface area contributed by atoms with Crippen molar-refractivity contribution in [2.75, 3.05) is 0 Å². The Morgan fingerprint density at radius 2 is 2.14 bits per heavy atom. The number of aryl methyl sites for hydroxylation is 1. The van der Waals surface area contributed by atoms with E-state index >= 15 is 0 Å². The Morgan fingerprint density at radius 1 is 1.50 bits per heavy atom. The summed E-state index contributed by atoms with van der Waals surface area (Å²) in [7, 11) is 0. The zero-order chi connectivity index (χ0) is 10.3. The number of aliphatic hydroxyl groups excluding tert-OH is 1. The van der Waals surface area contributed by atoms with Crippen LogP contribution in [0.4, 0.5) is 0 Å². The summed E-state index contributed by atoms with van der Waals surface area (Å²) in [5.41, 5.74) is 2.26. The molecule has 76 valence electrons. The number of aliphatic hydroxyl groups is 1. The Labute approximate surface area is 85.0 Å². The van der Waals surface area contributed by atoms with Crippen LogP contribution in [0.2, 0.25) is 0 Å². The minimum atomic E-state index is -0.335. The molecule has 1 aliphatic rings. The van der Waals surface area contributed by atoms with Crippen molar-refractivity contribution in [1.82, 2.24) is 4.98 Å². The van der Waals surface area contributed by atoms with Crippen LogP contribution in [0.25, 0.3) is 0 Å². The molecule has 1 aliphatic carbocycles. The molecule has 2 heteroatoms. The quantitative estimate of drug-likeness (QED) is 0.779. The van der Waals surface area contributed by atoms with E-state index < -0.39 is 0 Å². The van der Waals surface area contributed by atoms with Gasteiger partial charge in [0.25, 0.3) is 0 Å². The Bertz CT molecular complexity index is 329. The number of rotatable bonds is 2. The van der Waals surface area contributed by atoms with E-state index in [0.717, 1.165) is 17.7 Å². The molecule has 2 atom stereocenters. The smallest absolute Gasteiger partial charge is 0.0838 e. The summed E-state index contributed by atoms with van der Waals surface area (Å²) in [6, 6.07) is 3.93. The molecule has 1 saturated carbocycles. The molecule has 0 bridgehead atoms. The van der Waals surface area contributed by atoms with Crippen LogP contribution >= 0.6 is 0 Å². The maximum Gasteiger partial charge on any atom is 0.0838 e. The molecular formula is C12H17NO. The predicted molar refractivity (Wildman–Crippen MR) is 55.8 cm³/mol. The second-order valence-corrected chi connectivity index (χ2v) is 4.98. The van der Waals surface area contributed by atoms with E-state index in [1.807, 2.05) is 19.1 Å². The second-order valence-electron chi connectivity index (χ2n) is 4.98. The molecule has 0 spiro atoms. The lowest BCUT2D eigenvalue weighted by molar-refractivity contribution is 0.138. The van der Waals surface area contributed by atoms with Gasteiger partial charge in [-0.25, -0.2) is 0 Å². The average molecular weight is 191 g/mol. The van der Waals surface area contributed by atoms with Crippen molar-refractivity contribution < 1.29 is 5.11 Å². The van der Waals surface area contributed by atoms with Gasteiger partial charge in [-0.05, 0) is 36.3 Å². The normalized spacial score (nSPS) is 25.9. The Hall–Kier alpha value is -0.890. The fourth-order valence-electron chi connectivity index (χ4n) is 1.93. The molecule has 2 rings (SSSR count). The minimum absolute atomic E-state index is 0.310. The molecule has 2 unspecified atom stereocenters. The van der Waals surface area contributed by atoms with Crippen LogP contribution in [0.1, 0.15) is 37.6 Å². The van der Waals surface area contributed by atoms with Crippen LogP contribution < -0.4 is 0 Å². The van der Waals surface area contributed by atoms with Gasteiger partial charge in [0.15, 0.2) is 0 Å².